The summed E-state index contributed by atoms with van der Waals surface area (Å²) in [6.45, 7) is 3.45. The highest BCUT2D eigenvalue weighted by Crippen LogP contribution is 2.19. The van der Waals surface area contributed by atoms with E-state index in [-0.39, 0.29) is 5.84 Å². The molecular formula is C15H23ClN2O2. The lowest BCUT2D eigenvalue weighted by Gasteiger charge is -2.08. The minimum Gasteiger partial charge on any atom is -0.409 e. The maximum absolute atomic E-state index is 8.61. The zero-order chi connectivity index (χ0) is 14.8. The fourth-order valence-corrected chi connectivity index (χ4v) is 2.11. The molecule has 4 nitrogen and oxygen atoms in total. The largest absolute Gasteiger partial charge is 0.409 e. The first-order chi connectivity index (χ1) is 9.69. The lowest BCUT2D eigenvalue weighted by atomic mass is 10.1. The van der Waals surface area contributed by atoms with E-state index >= 15 is 0 Å². The summed E-state index contributed by atoms with van der Waals surface area (Å²) in [6.07, 6.45) is 6.11. The Morgan fingerprint density at radius 3 is 2.70 bits per heavy atom. The number of ether oxygens (including phenoxy) is 1. The van der Waals surface area contributed by atoms with Gasteiger partial charge >= 0.3 is 0 Å². The molecule has 0 spiro atoms. The van der Waals surface area contributed by atoms with Gasteiger partial charge in [0.25, 0.3) is 0 Å². The van der Waals surface area contributed by atoms with E-state index in [1.807, 2.05) is 6.07 Å². The predicted octanol–water partition coefficient (Wildman–Crippen LogP) is 3.92. The fraction of sp³-hybridized carbons (Fsp3) is 0.533. The summed E-state index contributed by atoms with van der Waals surface area (Å²) >= 11 is 6.14. The summed E-state index contributed by atoms with van der Waals surface area (Å²) in [7, 11) is 0. The van der Waals surface area contributed by atoms with Crippen LogP contribution >= 0.6 is 11.6 Å². The summed E-state index contributed by atoms with van der Waals surface area (Å²) in [5, 5.41) is 12.1. The molecule has 0 bridgehead atoms. The molecule has 1 rings (SSSR count). The predicted molar refractivity (Wildman–Crippen MR) is 82.4 cm³/mol. The second kappa shape index (κ2) is 9.61. The maximum atomic E-state index is 8.61. The molecule has 20 heavy (non-hydrogen) atoms. The molecule has 0 aliphatic heterocycles. The van der Waals surface area contributed by atoms with Gasteiger partial charge in [-0.1, -0.05) is 61.5 Å². The summed E-state index contributed by atoms with van der Waals surface area (Å²) < 4.78 is 5.61. The van der Waals surface area contributed by atoms with Gasteiger partial charge in [-0.15, -0.1) is 0 Å². The second-order valence-electron chi connectivity index (χ2n) is 4.76. The first-order valence-electron chi connectivity index (χ1n) is 7.03. The van der Waals surface area contributed by atoms with E-state index in [1.54, 1.807) is 12.1 Å². The Morgan fingerprint density at radius 2 is 2.05 bits per heavy atom. The van der Waals surface area contributed by atoms with Crippen molar-refractivity contribution >= 4 is 17.4 Å². The van der Waals surface area contributed by atoms with E-state index in [0.717, 1.165) is 18.6 Å². The Bertz CT molecular complexity index is 436. The van der Waals surface area contributed by atoms with Gasteiger partial charge < -0.3 is 15.7 Å². The van der Waals surface area contributed by atoms with Crippen LogP contribution in [0.4, 0.5) is 0 Å². The van der Waals surface area contributed by atoms with Gasteiger partial charge in [0.15, 0.2) is 5.84 Å². The van der Waals surface area contributed by atoms with Crippen molar-refractivity contribution in [2.45, 2.75) is 45.6 Å². The van der Waals surface area contributed by atoms with Crippen LogP contribution in [0.2, 0.25) is 5.02 Å². The molecule has 1 aromatic rings. The molecule has 0 amide bonds. The summed E-state index contributed by atoms with van der Waals surface area (Å²) in [4.78, 5) is 0. The number of rotatable bonds is 9. The van der Waals surface area contributed by atoms with E-state index < -0.39 is 0 Å². The number of benzene rings is 1. The first kappa shape index (κ1) is 16.8. The average molecular weight is 299 g/mol. The number of hydrogen-bond donors (Lipinski definition) is 2. The Hall–Kier alpha value is -1.26. The van der Waals surface area contributed by atoms with E-state index in [1.165, 1.54) is 25.7 Å². The molecule has 3 N–H and O–H groups in total. The van der Waals surface area contributed by atoms with Gasteiger partial charge in [-0.25, -0.2) is 0 Å². The molecule has 0 aromatic heterocycles. The van der Waals surface area contributed by atoms with Crippen LogP contribution in [0, 0.1) is 0 Å². The SMILES string of the molecule is CCCCCCCOCc1ccc(/C(N)=N/O)cc1Cl. The molecule has 112 valence electrons. The van der Waals surface area contributed by atoms with Crippen molar-refractivity contribution in [2.24, 2.45) is 10.9 Å². The highest BCUT2D eigenvalue weighted by atomic mass is 35.5. The van der Waals surface area contributed by atoms with Gasteiger partial charge in [-0.3, -0.25) is 0 Å². The van der Waals surface area contributed by atoms with Crippen molar-refractivity contribution in [2.75, 3.05) is 6.61 Å². The van der Waals surface area contributed by atoms with Gasteiger partial charge in [0.1, 0.15) is 0 Å². The highest BCUT2D eigenvalue weighted by Gasteiger charge is 2.05. The summed E-state index contributed by atoms with van der Waals surface area (Å²) in [6, 6.07) is 5.28. The van der Waals surface area contributed by atoms with E-state index in [0.29, 0.717) is 17.2 Å². The van der Waals surface area contributed by atoms with Crippen LogP contribution in [0.15, 0.2) is 23.4 Å². The van der Waals surface area contributed by atoms with Crippen molar-refractivity contribution in [1.29, 1.82) is 0 Å². The number of nitrogens with zero attached hydrogens (tertiary/aromatic N) is 1. The van der Waals surface area contributed by atoms with Crippen LogP contribution in [-0.2, 0) is 11.3 Å². The molecule has 0 fully saturated rings. The Kier molecular flexibility index (Phi) is 8.07. The van der Waals surface area contributed by atoms with Gasteiger partial charge in [0.05, 0.1) is 6.61 Å². The molecule has 0 saturated carbocycles. The number of nitrogens with two attached hydrogens (primary N) is 1. The maximum Gasteiger partial charge on any atom is 0.170 e. The van der Waals surface area contributed by atoms with Crippen LogP contribution in [-0.4, -0.2) is 17.6 Å². The monoisotopic (exact) mass is 298 g/mol. The second-order valence-corrected chi connectivity index (χ2v) is 5.17. The fourth-order valence-electron chi connectivity index (χ4n) is 1.87. The quantitative estimate of drug-likeness (QED) is 0.239. The van der Waals surface area contributed by atoms with E-state index in [9.17, 15) is 0 Å². The van der Waals surface area contributed by atoms with Crippen molar-refractivity contribution in [3.8, 4) is 0 Å². The van der Waals surface area contributed by atoms with Gasteiger partial charge in [-0.2, -0.15) is 0 Å². The minimum absolute atomic E-state index is 0.0512. The van der Waals surface area contributed by atoms with Gasteiger partial charge in [0.2, 0.25) is 0 Å². The Balaban J connectivity index is 2.34. The third kappa shape index (κ3) is 5.80. The van der Waals surface area contributed by atoms with Crippen molar-refractivity contribution < 1.29 is 9.94 Å². The molecule has 0 aliphatic rings. The van der Waals surface area contributed by atoms with Crippen LogP contribution in [0.5, 0.6) is 0 Å². The van der Waals surface area contributed by atoms with Gasteiger partial charge in [0, 0.05) is 17.2 Å². The summed E-state index contributed by atoms with van der Waals surface area (Å²) in [5.41, 5.74) is 7.01. The lowest BCUT2D eigenvalue weighted by molar-refractivity contribution is 0.117. The smallest absolute Gasteiger partial charge is 0.170 e. The van der Waals surface area contributed by atoms with E-state index in [4.69, 9.17) is 27.3 Å². The minimum atomic E-state index is 0.0512. The van der Waals surface area contributed by atoms with Crippen LogP contribution in [0.3, 0.4) is 0 Å². The van der Waals surface area contributed by atoms with Crippen molar-refractivity contribution in [3.05, 3.63) is 34.3 Å². The van der Waals surface area contributed by atoms with Crippen LogP contribution < -0.4 is 5.73 Å². The molecule has 0 unspecified atom stereocenters. The standard InChI is InChI=1S/C15H23ClN2O2/c1-2-3-4-5-6-9-20-11-13-8-7-12(10-14(13)16)15(17)18-19/h7-8,10,19H,2-6,9,11H2,1H3,(H2,17,18). The first-order valence-corrected chi connectivity index (χ1v) is 7.41. The molecule has 0 heterocycles. The molecule has 0 atom stereocenters. The Morgan fingerprint density at radius 1 is 1.30 bits per heavy atom. The molecule has 1 aromatic carbocycles. The number of halogens is 1. The van der Waals surface area contributed by atoms with Crippen molar-refractivity contribution in [1.82, 2.24) is 0 Å². The molecule has 0 saturated heterocycles. The zero-order valence-electron chi connectivity index (χ0n) is 11.9. The average Bonchev–Trinajstić information content (AvgIpc) is 2.46. The van der Waals surface area contributed by atoms with E-state index in [2.05, 4.69) is 12.1 Å². The summed E-state index contributed by atoms with van der Waals surface area (Å²) in [5.74, 6) is 0.0512. The third-order valence-electron chi connectivity index (χ3n) is 3.11. The molecular weight excluding hydrogens is 276 g/mol. The topological polar surface area (TPSA) is 67.8 Å². The van der Waals surface area contributed by atoms with Gasteiger partial charge in [-0.05, 0) is 18.1 Å². The molecule has 0 aliphatic carbocycles. The normalized spacial score (nSPS) is 11.8. The number of amidine groups is 1. The highest BCUT2D eigenvalue weighted by molar-refractivity contribution is 6.31. The van der Waals surface area contributed by atoms with Crippen molar-refractivity contribution in [3.63, 3.8) is 0 Å². The number of hydrogen-bond acceptors (Lipinski definition) is 3. The Labute approximate surface area is 125 Å². The third-order valence-corrected chi connectivity index (χ3v) is 3.46. The molecule has 0 radical (unpaired) electrons. The zero-order valence-corrected chi connectivity index (χ0v) is 12.7. The molecule has 5 heteroatoms. The van der Waals surface area contributed by atoms with Crippen LogP contribution in [0.25, 0.3) is 0 Å². The number of unbranched alkanes of at least 4 members (excludes halogenated alkanes) is 4. The number of oxime groups is 1. The van der Waals surface area contributed by atoms with Crippen LogP contribution in [0.1, 0.15) is 50.2 Å². The lowest BCUT2D eigenvalue weighted by Crippen LogP contribution is -2.13.